The number of furan rings is 1. The molecule has 118 valence electrons. The molecule has 21 heavy (non-hydrogen) atoms. The van der Waals surface area contributed by atoms with E-state index in [4.69, 9.17) is 4.42 Å². The van der Waals surface area contributed by atoms with Gasteiger partial charge in [0.2, 0.25) is 0 Å². The highest BCUT2D eigenvalue weighted by molar-refractivity contribution is 5.91. The number of likely N-dealkylation sites (N-methyl/N-ethyl adjacent to an activating group) is 1. The third kappa shape index (κ3) is 5.52. The summed E-state index contributed by atoms with van der Waals surface area (Å²) in [6.07, 6.45) is 4.92. The van der Waals surface area contributed by atoms with Crippen molar-refractivity contribution in [2.45, 2.75) is 26.2 Å². The minimum Gasteiger partial charge on any atom is -0.459 e. The molecule has 0 aromatic carbocycles. The number of hydrogen-bond acceptors (Lipinski definition) is 4. The standard InChI is InChI=1S/C16H27N3O2/c1-2-18-10-12-19(13-11-18)9-5-3-4-8-17-16(20)15-7-6-14-21-15/h6-7,14H,2-5,8-13H2,1H3,(H,17,20). The van der Waals surface area contributed by atoms with Gasteiger partial charge in [0.1, 0.15) is 0 Å². The third-order valence-corrected chi connectivity index (χ3v) is 4.09. The van der Waals surface area contributed by atoms with E-state index in [1.807, 2.05) is 0 Å². The topological polar surface area (TPSA) is 48.7 Å². The molecule has 2 heterocycles. The minimum atomic E-state index is -0.115. The summed E-state index contributed by atoms with van der Waals surface area (Å²) < 4.78 is 5.05. The molecule has 1 aromatic heterocycles. The minimum absolute atomic E-state index is 0.115. The Kier molecular flexibility index (Phi) is 6.76. The predicted octanol–water partition coefficient (Wildman–Crippen LogP) is 1.82. The second kappa shape index (κ2) is 8.85. The van der Waals surface area contributed by atoms with Gasteiger partial charge >= 0.3 is 0 Å². The zero-order valence-corrected chi connectivity index (χ0v) is 13.0. The molecule has 0 spiro atoms. The van der Waals surface area contributed by atoms with Gasteiger partial charge in [0.15, 0.2) is 5.76 Å². The van der Waals surface area contributed by atoms with E-state index in [0.717, 1.165) is 19.4 Å². The summed E-state index contributed by atoms with van der Waals surface area (Å²) in [6, 6.07) is 3.42. The van der Waals surface area contributed by atoms with Crippen molar-refractivity contribution in [2.75, 3.05) is 45.8 Å². The van der Waals surface area contributed by atoms with Crippen LogP contribution in [0.25, 0.3) is 0 Å². The lowest BCUT2D eigenvalue weighted by Crippen LogP contribution is -2.46. The Morgan fingerprint density at radius 3 is 2.62 bits per heavy atom. The maximum atomic E-state index is 11.6. The molecule has 0 saturated carbocycles. The summed E-state index contributed by atoms with van der Waals surface area (Å²) >= 11 is 0. The van der Waals surface area contributed by atoms with Gasteiger partial charge in [-0.15, -0.1) is 0 Å². The second-order valence-electron chi connectivity index (χ2n) is 5.57. The molecule has 5 nitrogen and oxygen atoms in total. The van der Waals surface area contributed by atoms with Gasteiger partial charge < -0.3 is 19.5 Å². The molecule has 1 aromatic rings. The van der Waals surface area contributed by atoms with Crippen molar-refractivity contribution in [3.05, 3.63) is 24.2 Å². The molecule has 0 unspecified atom stereocenters. The zero-order valence-electron chi connectivity index (χ0n) is 13.0. The summed E-state index contributed by atoms with van der Waals surface area (Å²) in [4.78, 5) is 16.7. The number of rotatable bonds is 8. The van der Waals surface area contributed by atoms with Crippen LogP contribution >= 0.6 is 0 Å². The molecule has 1 amide bonds. The van der Waals surface area contributed by atoms with E-state index in [1.165, 1.54) is 52.0 Å². The van der Waals surface area contributed by atoms with Crippen LogP contribution in [0, 0.1) is 0 Å². The molecule has 1 fully saturated rings. The first kappa shape index (κ1) is 16.0. The summed E-state index contributed by atoms with van der Waals surface area (Å²) in [5.74, 6) is 0.277. The molecule has 2 rings (SSSR count). The maximum Gasteiger partial charge on any atom is 0.286 e. The molecule has 1 saturated heterocycles. The first-order valence-corrected chi connectivity index (χ1v) is 8.06. The number of hydrogen-bond donors (Lipinski definition) is 1. The van der Waals surface area contributed by atoms with Gasteiger partial charge in [0.05, 0.1) is 6.26 Å². The molecule has 0 bridgehead atoms. The van der Waals surface area contributed by atoms with E-state index in [2.05, 4.69) is 22.0 Å². The molecule has 0 atom stereocenters. The van der Waals surface area contributed by atoms with E-state index in [1.54, 1.807) is 12.1 Å². The Morgan fingerprint density at radius 2 is 1.95 bits per heavy atom. The Balaban J connectivity index is 1.46. The van der Waals surface area contributed by atoms with Crippen molar-refractivity contribution < 1.29 is 9.21 Å². The smallest absolute Gasteiger partial charge is 0.286 e. The molecular formula is C16H27N3O2. The zero-order chi connectivity index (χ0) is 14.9. The number of carbonyl (C=O) groups excluding carboxylic acids is 1. The number of amides is 1. The molecule has 1 N–H and O–H groups in total. The van der Waals surface area contributed by atoms with Crippen LogP contribution in [0.5, 0.6) is 0 Å². The Labute approximate surface area is 127 Å². The fourth-order valence-corrected chi connectivity index (χ4v) is 2.66. The van der Waals surface area contributed by atoms with Crippen LogP contribution in [0.1, 0.15) is 36.7 Å². The first-order chi connectivity index (χ1) is 10.3. The van der Waals surface area contributed by atoms with E-state index in [0.29, 0.717) is 5.76 Å². The monoisotopic (exact) mass is 293 g/mol. The average Bonchev–Trinajstić information content (AvgIpc) is 3.05. The van der Waals surface area contributed by atoms with Crippen molar-refractivity contribution in [2.24, 2.45) is 0 Å². The Hall–Kier alpha value is -1.33. The fraction of sp³-hybridized carbons (Fsp3) is 0.688. The highest BCUT2D eigenvalue weighted by Crippen LogP contribution is 2.04. The van der Waals surface area contributed by atoms with Crippen LogP contribution in [0.4, 0.5) is 0 Å². The van der Waals surface area contributed by atoms with Gasteiger partial charge in [-0.3, -0.25) is 4.79 Å². The summed E-state index contributed by atoms with van der Waals surface area (Å²) in [6.45, 7) is 10.1. The van der Waals surface area contributed by atoms with Gasteiger partial charge in [-0.25, -0.2) is 0 Å². The lowest BCUT2D eigenvalue weighted by Gasteiger charge is -2.33. The van der Waals surface area contributed by atoms with Gasteiger partial charge in [0, 0.05) is 32.7 Å². The van der Waals surface area contributed by atoms with Crippen molar-refractivity contribution in [3.8, 4) is 0 Å². The van der Waals surface area contributed by atoms with E-state index < -0.39 is 0 Å². The first-order valence-electron chi connectivity index (χ1n) is 8.06. The average molecular weight is 293 g/mol. The molecule has 0 aliphatic carbocycles. The predicted molar refractivity (Wildman–Crippen MR) is 83.4 cm³/mol. The quantitative estimate of drug-likeness (QED) is 0.743. The Morgan fingerprint density at radius 1 is 1.19 bits per heavy atom. The van der Waals surface area contributed by atoms with Crippen LogP contribution in [-0.2, 0) is 0 Å². The number of nitrogens with one attached hydrogen (secondary N) is 1. The summed E-state index contributed by atoms with van der Waals surface area (Å²) in [5.41, 5.74) is 0. The van der Waals surface area contributed by atoms with Crippen molar-refractivity contribution in [1.82, 2.24) is 15.1 Å². The number of nitrogens with zero attached hydrogens (tertiary/aromatic N) is 2. The summed E-state index contributed by atoms with van der Waals surface area (Å²) in [5, 5.41) is 2.88. The molecule has 1 aliphatic heterocycles. The number of piperazine rings is 1. The highest BCUT2D eigenvalue weighted by atomic mass is 16.3. The van der Waals surface area contributed by atoms with Crippen molar-refractivity contribution >= 4 is 5.91 Å². The molecule has 0 radical (unpaired) electrons. The number of carbonyl (C=O) groups is 1. The maximum absolute atomic E-state index is 11.6. The third-order valence-electron chi connectivity index (χ3n) is 4.09. The van der Waals surface area contributed by atoms with E-state index in [9.17, 15) is 4.79 Å². The molecular weight excluding hydrogens is 266 g/mol. The lowest BCUT2D eigenvalue weighted by molar-refractivity contribution is 0.0925. The normalized spacial score (nSPS) is 17.0. The lowest BCUT2D eigenvalue weighted by atomic mass is 10.2. The van der Waals surface area contributed by atoms with Crippen LogP contribution in [0.3, 0.4) is 0 Å². The summed E-state index contributed by atoms with van der Waals surface area (Å²) in [7, 11) is 0. The number of unbranched alkanes of at least 4 members (excludes halogenated alkanes) is 2. The van der Waals surface area contributed by atoms with E-state index in [-0.39, 0.29) is 5.91 Å². The van der Waals surface area contributed by atoms with Gasteiger partial charge in [0.25, 0.3) is 5.91 Å². The van der Waals surface area contributed by atoms with Gasteiger partial charge in [-0.2, -0.15) is 0 Å². The van der Waals surface area contributed by atoms with Crippen LogP contribution in [-0.4, -0.2) is 61.5 Å². The highest BCUT2D eigenvalue weighted by Gasteiger charge is 2.14. The SMILES string of the molecule is CCN1CCN(CCCCCNC(=O)c2ccco2)CC1. The van der Waals surface area contributed by atoms with E-state index >= 15 is 0 Å². The second-order valence-corrected chi connectivity index (χ2v) is 5.57. The molecule has 1 aliphatic rings. The van der Waals surface area contributed by atoms with Gasteiger partial charge in [-0.05, 0) is 38.1 Å². The van der Waals surface area contributed by atoms with Crippen LogP contribution in [0.2, 0.25) is 0 Å². The van der Waals surface area contributed by atoms with Crippen molar-refractivity contribution in [3.63, 3.8) is 0 Å². The van der Waals surface area contributed by atoms with Crippen LogP contribution in [0.15, 0.2) is 22.8 Å². The largest absolute Gasteiger partial charge is 0.459 e. The van der Waals surface area contributed by atoms with Crippen molar-refractivity contribution in [1.29, 1.82) is 0 Å². The van der Waals surface area contributed by atoms with Gasteiger partial charge in [-0.1, -0.05) is 13.3 Å². The van der Waals surface area contributed by atoms with Crippen LogP contribution < -0.4 is 5.32 Å². The fourth-order valence-electron chi connectivity index (χ4n) is 2.66. The Bertz CT molecular complexity index is 398. The molecule has 5 heteroatoms.